The van der Waals surface area contributed by atoms with Gasteiger partial charge in [0.2, 0.25) is 5.88 Å². The summed E-state index contributed by atoms with van der Waals surface area (Å²) in [6.07, 6.45) is -5.07. The highest BCUT2D eigenvalue weighted by Gasteiger charge is 2.29. The zero-order valence-electron chi connectivity index (χ0n) is 10.3. The normalized spacial score (nSPS) is 13.4. The van der Waals surface area contributed by atoms with E-state index in [2.05, 4.69) is 15.5 Å². The van der Waals surface area contributed by atoms with E-state index in [1.165, 1.54) is 7.11 Å². The zero-order valence-corrected chi connectivity index (χ0v) is 10.3. The number of nitrogens with zero attached hydrogens (tertiary/aromatic N) is 2. The Labute approximate surface area is 104 Å². The number of rotatable bonds is 6. The van der Waals surface area contributed by atoms with Crippen molar-refractivity contribution in [2.24, 2.45) is 0 Å². The molecule has 0 saturated carbocycles. The molecule has 0 aliphatic rings. The van der Waals surface area contributed by atoms with Crippen LogP contribution in [0.15, 0.2) is 12.1 Å². The lowest BCUT2D eigenvalue weighted by Gasteiger charge is -2.17. The predicted molar refractivity (Wildman–Crippen MR) is 60.3 cm³/mol. The summed E-state index contributed by atoms with van der Waals surface area (Å²) >= 11 is 0. The minimum absolute atomic E-state index is 0.0572. The maximum atomic E-state index is 12.2. The first-order valence-corrected chi connectivity index (χ1v) is 5.64. The first-order chi connectivity index (χ1) is 8.46. The van der Waals surface area contributed by atoms with Gasteiger partial charge in [-0.25, -0.2) is 0 Å². The molecule has 1 aromatic heterocycles. The molecule has 7 heteroatoms. The Morgan fingerprint density at radius 3 is 2.50 bits per heavy atom. The number of methoxy groups -OCH3 is 1. The fourth-order valence-corrected chi connectivity index (χ4v) is 1.53. The van der Waals surface area contributed by atoms with Gasteiger partial charge in [-0.15, -0.1) is 5.10 Å². The molecule has 1 atom stereocenters. The largest absolute Gasteiger partial charge is 0.480 e. The van der Waals surface area contributed by atoms with Crippen molar-refractivity contribution in [2.45, 2.75) is 32.0 Å². The molecule has 18 heavy (non-hydrogen) atoms. The molecule has 0 aliphatic carbocycles. The van der Waals surface area contributed by atoms with E-state index in [9.17, 15) is 13.2 Å². The Balaban J connectivity index is 2.70. The summed E-state index contributed by atoms with van der Waals surface area (Å²) in [5, 5.41) is 10.6. The van der Waals surface area contributed by atoms with E-state index in [1.807, 2.05) is 6.92 Å². The molecule has 1 N–H and O–H groups in total. The lowest BCUT2D eigenvalue weighted by atomic mass is 10.1. The highest BCUT2D eigenvalue weighted by atomic mass is 19.4. The Kier molecular flexibility index (Phi) is 5.33. The molecule has 102 valence electrons. The van der Waals surface area contributed by atoms with Gasteiger partial charge in [-0.2, -0.15) is 18.3 Å². The van der Waals surface area contributed by atoms with Gasteiger partial charge in [0.1, 0.15) is 0 Å². The average molecular weight is 263 g/mol. The monoisotopic (exact) mass is 263 g/mol. The van der Waals surface area contributed by atoms with E-state index in [-0.39, 0.29) is 6.42 Å². The van der Waals surface area contributed by atoms with Crippen molar-refractivity contribution in [3.05, 3.63) is 17.8 Å². The van der Waals surface area contributed by atoms with E-state index < -0.39 is 18.6 Å². The van der Waals surface area contributed by atoms with Crippen LogP contribution in [-0.2, 0) is 0 Å². The number of ether oxygens (including phenoxy) is 1. The first kappa shape index (κ1) is 14.7. The lowest BCUT2D eigenvalue weighted by Crippen LogP contribution is -2.24. The molecule has 0 fully saturated rings. The van der Waals surface area contributed by atoms with Crippen LogP contribution >= 0.6 is 0 Å². The Morgan fingerprint density at radius 1 is 1.33 bits per heavy atom. The van der Waals surface area contributed by atoms with Crippen molar-refractivity contribution in [1.29, 1.82) is 0 Å². The minimum Gasteiger partial charge on any atom is -0.480 e. The smallest absolute Gasteiger partial charge is 0.389 e. The van der Waals surface area contributed by atoms with Crippen LogP contribution in [-0.4, -0.2) is 30.0 Å². The number of halogens is 3. The van der Waals surface area contributed by atoms with Gasteiger partial charge in [-0.3, -0.25) is 0 Å². The molecular formula is C11H16F3N3O. The fourth-order valence-electron chi connectivity index (χ4n) is 1.53. The molecule has 0 radical (unpaired) electrons. The maximum Gasteiger partial charge on any atom is 0.389 e. The van der Waals surface area contributed by atoms with Gasteiger partial charge in [0.25, 0.3) is 0 Å². The zero-order chi connectivity index (χ0) is 13.6. The summed E-state index contributed by atoms with van der Waals surface area (Å²) in [5.74, 6) is 0.338. The van der Waals surface area contributed by atoms with Gasteiger partial charge in [-0.1, -0.05) is 6.92 Å². The fraction of sp³-hybridized carbons (Fsp3) is 0.636. The summed E-state index contributed by atoms with van der Waals surface area (Å²) in [4.78, 5) is 0. The number of aromatic nitrogens is 2. The van der Waals surface area contributed by atoms with E-state index >= 15 is 0 Å². The van der Waals surface area contributed by atoms with Gasteiger partial charge in [0.15, 0.2) is 0 Å². The molecule has 1 rings (SSSR count). The highest BCUT2D eigenvalue weighted by Crippen LogP contribution is 2.26. The van der Waals surface area contributed by atoms with Gasteiger partial charge >= 0.3 is 6.18 Å². The first-order valence-electron chi connectivity index (χ1n) is 5.64. The van der Waals surface area contributed by atoms with E-state index in [0.717, 1.165) is 0 Å². The van der Waals surface area contributed by atoms with Gasteiger partial charge < -0.3 is 10.1 Å². The van der Waals surface area contributed by atoms with Gasteiger partial charge in [0, 0.05) is 12.5 Å². The van der Waals surface area contributed by atoms with Gasteiger partial charge in [0.05, 0.1) is 18.8 Å². The maximum absolute atomic E-state index is 12.2. The van der Waals surface area contributed by atoms with Crippen molar-refractivity contribution >= 4 is 0 Å². The van der Waals surface area contributed by atoms with Crippen LogP contribution < -0.4 is 10.1 Å². The number of alkyl halides is 3. The van der Waals surface area contributed by atoms with Crippen molar-refractivity contribution in [2.75, 3.05) is 13.7 Å². The summed E-state index contributed by atoms with van der Waals surface area (Å²) in [6.45, 7) is 2.40. The predicted octanol–water partition coefficient (Wildman–Crippen LogP) is 2.48. The molecule has 0 spiro atoms. The third kappa shape index (κ3) is 4.87. The van der Waals surface area contributed by atoms with Crippen LogP contribution in [0.25, 0.3) is 0 Å². The second kappa shape index (κ2) is 6.53. The van der Waals surface area contributed by atoms with Crippen LogP contribution in [0.2, 0.25) is 0 Å². The standard InChI is InChI=1S/C11H16F3N3O/c1-3-15-8(6-7-11(12,13)14)9-4-5-10(18-2)17-16-9/h4-5,8,15H,3,6-7H2,1-2H3. The average Bonchev–Trinajstić information content (AvgIpc) is 2.33. The SMILES string of the molecule is CCNC(CCC(F)(F)F)c1ccc(OC)nn1. The number of nitrogens with one attached hydrogen (secondary N) is 1. The molecule has 1 heterocycles. The number of hydrogen-bond donors (Lipinski definition) is 1. The second-order valence-corrected chi connectivity index (χ2v) is 3.76. The van der Waals surface area contributed by atoms with Crippen LogP contribution in [0.3, 0.4) is 0 Å². The summed E-state index contributed by atoms with van der Waals surface area (Å²) in [7, 11) is 1.45. The molecule has 0 aromatic carbocycles. The summed E-state index contributed by atoms with van der Waals surface area (Å²) < 4.78 is 41.5. The minimum atomic E-state index is -4.16. The van der Waals surface area contributed by atoms with E-state index in [0.29, 0.717) is 18.1 Å². The molecule has 0 saturated heterocycles. The summed E-state index contributed by atoms with van der Waals surface area (Å²) in [5.41, 5.74) is 0.488. The lowest BCUT2D eigenvalue weighted by molar-refractivity contribution is -0.136. The quantitative estimate of drug-likeness (QED) is 0.856. The van der Waals surface area contributed by atoms with Crippen molar-refractivity contribution in [1.82, 2.24) is 15.5 Å². The van der Waals surface area contributed by atoms with Crippen LogP contribution in [0.1, 0.15) is 31.5 Å². The van der Waals surface area contributed by atoms with Crippen LogP contribution in [0.5, 0.6) is 5.88 Å². The molecule has 1 aromatic rings. The van der Waals surface area contributed by atoms with Crippen LogP contribution in [0, 0.1) is 0 Å². The Morgan fingerprint density at radius 2 is 2.06 bits per heavy atom. The molecule has 4 nitrogen and oxygen atoms in total. The van der Waals surface area contributed by atoms with Crippen molar-refractivity contribution < 1.29 is 17.9 Å². The van der Waals surface area contributed by atoms with E-state index in [4.69, 9.17) is 4.74 Å². The topological polar surface area (TPSA) is 47.0 Å². The third-order valence-corrected chi connectivity index (χ3v) is 2.39. The number of hydrogen-bond acceptors (Lipinski definition) is 4. The third-order valence-electron chi connectivity index (χ3n) is 2.39. The summed E-state index contributed by atoms with van der Waals surface area (Å²) in [6, 6.07) is 2.76. The Bertz CT molecular complexity index is 354. The van der Waals surface area contributed by atoms with Gasteiger partial charge in [-0.05, 0) is 19.0 Å². The van der Waals surface area contributed by atoms with Crippen molar-refractivity contribution in [3.63, 3.8) is 0 Å². The highest BCUT2D eigenvalue weighted by molar-refractivity contribution is 5.14. The molecule has 0 amide bonds. The van der Waals surface area contributed by atoms with E-state index in [1.54, 1.807) is 12.1 Å². The molecular weight excluding hydrogens is 247 g/mol. The second-order valence-electron chi connectivity index (χ2n) is 3.76. The van der Waals surface area contributed by atoms with Crippen LogP contribution in [0.4, 0.5) is 13.2 Å². The molecule has 1 unspecified atom stereocenters. The van der Waals surface area contributed by atoms with Crippen molar-refractivity contribution in [3.8, 4) is 5.88 Å². The Hall–Kier alpha value is -1.37. The molecule has 0 aliphatic heterocycles. The molecule has 0 bridgehead atoms.